The van der Waals surface area contributed by atoms with E-state index in [0.717, 1.165) is 25.6 Å². The Bertz CT molecular complexity index is 447. The third-order valence-electron chi connectivity index (χ3n) is 4.39. The molecule has 2 heterocycles. The van der Waals surface area contributed by atoms with E-state index in [2.05, 4.69) is 29.1 Å². The van der Waals surface area contributed by atoms with Crippen LogP contribution in [0.3, 0.4) is 0 Å². The summed E-state index contributed by atoms with van der Waals surface area (Å²) in [6.07, 6.45) is 5.03. The van der Waals surface area contributed by atoms with Crippen molar-refractivity contribution < 1.29 is 0 Å². The number of hydrogen-bond acceptors (Lipinski definition) is 5. The molecule has 0 atom stereocenters. The summed E-state index contributed by atoms with van der Waals surface area (Å²) in [5.41, 5.74) is 1.35. The van der Waals surface area contributed by atoms with Gasteiger partial charge >= 0.3 is 0 Å². The van der Waals surface area contributed by atoms with E-state index in [1.54, 1.807) is 0 Å². The number of nitrogens with one attached hydrogen (secondary N) is 1. The van der Waals surface area contributed by atoms with Gasteiger partial charge in [-0.1, -0.05) is 13.3 Å². The Hall–Kier alpha value is -0.490. The van der Waals surface area contributed by atoms with Gasteiger partial charge in [0.1, 0.15) is 5.01 Å². The highest BCUT2D eigenvalue weighted by Crippen LogP contribution is 2.24. The molecule has 0 radical (unpaired) electrons. The molecule has 1 aromatic heterocycles. The molecular weight excluding hydrogens is 280 g/mol. The van der Waals surface area contributed by atoms with Crippen LogP contribution in [0.15, 0.2) is 0 Å². The topological polar surface area (TPSA) is 31.4 Å². The highest BCUT2D eigenvalue weighted by atomic mass is 32.1. The van der Waals surface area contributed by atoms with E-state index in [4.69, 9.17) is 4.98 Å². The van der Waals surface area contributed by atoms with E-state index < -0.39 is 0 Å². The molecule has 118 valence electrons. The first-order valence-electron chi connectivity index (χ1n) is 8.36. The van der Waals surface area contributed by atoms with Crippen LogP contribution in [0.5, 0.6) is 0 Å². The van der Waals surface area contributed by atoms with Crippen LogP contribution in [-0.2, 0) is 19.5 Å². The van der Waals surface area contributed by atoms with Crippen molar-refractivity contribution in [2.24, 2.45) is 0 Å². The minimum atomic E-state index is 0.780. The highest BCUT2D eigenvalue weighted by molar-refractivity contribution is 7.11. The summed E-state index contributed by atoms with van der Waals surface area (Å²) in [5.74, 6) is 0. The predicted octanol–water partition coefficient (Wildman–Crippen LogP) is 2.09. The molecule has 2 fully saturated rings. The lowest BCUT2D eigenvalue weighted by Crippen LogP contribution is -2.43. The van der Waals surface area contributed by atoms with Gasteiger partial charge in [-0.25, -0.2) is 4.98 Å². The summed E-state index contributed by atoms with van der Waals surface area (Å²) in [6, 6.07) is 0.780. The Kier molecular flexibility index (Phi) is 5.27. The minimum absolute atomic E-state index is 0.780. The lowest BCUT2D eigenvalue weighted by Gasteiger charge is -2.31. The van der Waals surface area contributed by atoms with Crippen LogP contribution >= 0.6 is 11.3 Å². The number of aromatic nitrogens is 1. The Morgan fingerprint density at radius 2 is 2.00 bits per heavy atom. The summed E-state index contributed by atoms with van der Waals surface area (Å²) in [5, 5.41) is 4.96. The molecule has 0 unspecified atom stereocenters. The smallest absolute Gasteiger partial charge is 0.107 e. The zero-order valence-corrected chi connectivity index (χ0v) is 14.2. The van der Waals surface area contributed by atoms with Gasteiger partial charge in [0, 0.05) is 43.6 Å². The van der Waals surface area contributed by atoms with E-state index in [-0.39, 0.29) is 0 Å². The van der Waals surface area contributed by atoms with Gasteiger partial charge in [-0.3, -0.25) is 4.90 Å². The molecule has 5 heteroatoms. The Morgan fingerprint density at radius 1 is 1.24 bits per heavy atom. The number of likely N-dealkylation sites (N-methyl/N-ethyl adjacent to an activating group) is 1. The number of aryl methyl sites for hydroxylation is 1. The largest absolute Gasteiger partial charge is 0.309 e. The molecule has 0 spiro atoms. The fraction of sp³-hybridized carbons (Fsp3) is 0.812. The fourth-order valence-corrected chi connectivity index (χ4v) is 3.90. The average molecular weight is 308 g/mol. The summed E-state index contributed by atoms with van der Waals surface area (Å²) >= 11 is 1.93. The standard InChI is InChI=1S/C16H28N4S/c1-3-4-14-15(11-17-13-5-6-13)21-16(18-14)12-20-9-7-19(2)8-10-20/h13,17H,3-12H2,1-2H3. The molecule has 1 saturated heterocycles. The first-order chi connectivity index (χ1) is 10.2. The Balaban J connectivity index is 1.59. The molecule has 1 saturated carbocycles. The first-order valence-corrected chi connectivity index (χ1v) is 9.18. The third kappa shape index (κ3) is 4.49. The van der Waals surface area contributed by atoms with Crippen molar-refractivity contribution in [2.75, 3.05) is 33.2 Å². The van der Waals surface area contributed by atoms with Crippen LogP contribution in [-0.4, -0.2) is 54.1 Å². The van der Waals surface area contributed by atoms with Crippen molar-refractivity contribution in [1.29, 1.82) is 0 Å². The summed E-state index contributed by atoms with van der Waals surface area (Å²) in [6.45, 7) is 9.03. The molecule has 0 aromatic carbocycles. The maximum atomic E-state index is 4.93. The number of hydrogen-bond donors (Lipinski definition) is 1. The second-order valence-electron chi connectivity index (χ2n) is 6.46. The van der Waals surface area contributed by atoms with Crippen LogP contribution in [0.25, 0.3) is 0 Å². The zero-order chi connectivity index (χ0) is 14.7. The first kappa shape index (κ1) is 15.4. The number of nitrogens with zero attached hydrogens (tertiary/aromatic N) is 3. The summed E-state index contributed by atoms with van der Waals surface area (Å²) in [7, 11) is 2.21. The normalized spacial score (nSPS) is 21.0. The summed E-state index contributed by atoms with van der Waals surface area (Å²) < 4.78 is 0. The van der Waals surface area contributed by atoms with Crippen molar-refractivity contribution in [2.45, 2.75) is 51.7 Å². The zero-order valence-electron chi connectivity index (χ0n) is 13.4. The molecule has 1 aliphatic carbocycles. The molecular formula is C16H28N4S. The molecule has 0 bridgehead atoms. The van der Waals surface area contributed by atoms with Gasteiger partial charge < -0.3 is 10.2 Å². The monoisotopic (exact) mass is 308 g/mol. The van der Waals surface area contributed by atoms with Crippen LogP contribution in [0, 0.1) is 0 Å². The third-order valence-corrected chi connectivity index (χ3v) is 5.48. The highest BCUT2D eigenvalue weighted by Gasteiger charge is 2.22. The van der Waals surface area contributed by atoms with Crippen molar-refractivity contribution in [3.8, 4) is 0 Å². The van der Waals surface area contributed by atoms with Gasteiger partial charge in [-0.05, 0) is 26.3 Å². The molecule has 0 amide bonds. The van der Waals surface area contributed by atoms with Crippen molar-refractivity contribution in [3.05, 3.63) is 15.6 Å². The van der Waals surface area contributed by atoms with Gasteiger partial charge in [-0.2, -0.15) is 0 Å². The molecule has 1 aliphatic heterocycles. The van der Waals surface area contributed by atoms with E-state index in [1.165, 1.54) is 61.0 Å². The number of thiazole rings is 1. The van der Waals surface area contributed by atoms with E-state index in [9.17, 15) is 0 Å². The number of rotatable bonds is 7. The average Bonchev–Trinajstić information content (AvgIpc) is 3.23. The Labute approximate surface area is 132 Å². The lowest BCUT2D eigenvalue weighted by molar-refractivity contribution is 0.148. The van der Waals surface area contributed by atoms with Gasteiger partial charge in [-0.15, -0.1) is 11.3 Å². The van der Waals surface area contributed by atoms with Crippen molar-refractivity contribution in [1.82, 2.24) is 20.1 Å². The van der Waals surface area contributed by atoms with Gasteiger partial charge in [0.25, 0.3) is 0 Å². The van der Waals surface area contributed by atoms with Crippen LogP contribution in [0.2, 0.25) is 0 Å². The fourth-order valence-electron chi connectivity index (χ4n) is 2.80. The number of piperazine rings is 1. The molecule has 1 N–H and O–H groups in total. The van der Waals surface area contributed by atoms with Crippen LogP contribution < -0.4 is 5.32 Å². The SMILES string of the molecule is CCCc1nc(CN2CCN(C)CC2)sc1CNC1CC1. The lowest BCUT2D eigenvalue weighted by atomic mass is 10.2. The molecule has 2 aliphatic rings. The maximum absolute atomic E-state index is 4.93. The summed E-state index contributed by atoms with van der Waals surface area (Å²) in [4.78, 5) is 11.4. The van der Waals surface area contributed by atoms with Crippen LogP contribution in [0.1, 0.15) is 41.8 Å². The van der Waals surface area contributed by atoms with Crippen molar-refractivity contribution in [3.63, 3.8) is 0 Å². The quantitative estimate of drug-likeness (QED) is 0.836. The van der Waals surface area contributed by atoms with E-state index in [1.807, 2.05) is 11.3 Å². The van der Waals surface area contributed by atoms with E-state index in [0.29, 0.717) is 0 Å². The van der Waals surface area contributed by atoms with E-state index >= 15 is 0 Å². The molecule has 21 heavy (non-hydrogen) atoms. The molecule has 4 nitrogen and oxygen atoms in total. The van der Waals surface area contributed by atoms with Crippen molar-refractivity contribution >= 4 is 11.3 Å². The van der Waals surface area contributed by atoms with Gasteiger partial charge in [0.05, 0.1) is 12.2 Å². The second-order valence-corrected chi connectivity index (χ2v) is 7.63. The maximum Gasteiger partial charge on any atom is 0.107 e. The van der Waals surface area contributed by atoms with Gasteiger partial charge in [0.15, 0.2) is 0 Å². The molecule has 1 aromatic rings. The second kappa shape index (κ2) is 7.18. The van der Waals surface area contributed by atoms with Gasteiger partial charge in [0.2, 0.25) is 0 Å². The van der Waals surface area contributed by atoms with Crippen LogP contribution in [0.4, 0.5) is 0 Å². The minimum Gasteiger partial charge on any atom is -0.309 e. The predicted molar refractivity (Wildman–Crippen MR) is 88.7 cm³/mol. The Morgan fingerprint density at radius 3 is 2.67 bits per heavy atom. The molecule has 3 rings (SSSR count).